The maximum atomic E-state index is 13.3. The van der Waals surface area contributed by atoms with E-state index in [1.807, 2.05) is 6.08 Å². The number of fused-ring (bicyclic) bond motifs is 4. The summed E-state index contributed by atoms with van der Waals surface area (Å²) in [5, 5.41) is 10.7. The lowest BCUT2D eigenvalue weighted by atomic mass is 9.57. The first-order chi connectivity index (χ1) is 15.3. The zero-order valence-corrected chi connectivity index (χ0v) is 19.5. The number of likely N-dealkylation sites (tertiary alicyclic amines) is 2. The van der Waals surface area contributed by atoms with Crippen LogP contribution in [-0.4, -0.2) is 51.6 Å². The van der Waals surface area contributed by atoms with Crippen molar-refractivity contribution in [1.82, 2.24) is 9.80 Å². The third-order valence-electron chi connectivity index (χ3n) is 7.79. The summed E-state index contributed by atoms with van der Waals surface area (Å²) in [5.41, 5.74) is 1.48. The van der Waals surface area contributed by atoms with Crippen molar-refractivity contribution in [3.8, 4) is 5.75 Å². The number of phenols is 1. The molecule has 168 valence electrons. The fourth-order valence-electron chi connectivity index (χ4n) is 6.46. The Bertz CT molecular complexity index is 1080. The van der Waals surface area contributed by atoms with Gasteiger partial charge in [0.1, 0.15) is 5.75 Å². The summed E-state index contributed by atoms with van der Waals surface area (Å²) in [6.07, 6.45) is 2.80. The summed E-state index contributed by atoms with van der Waals surface area (Å²) in [4.78, 5) is 55.2. The monoisotopic (exact) mass is 500 g/mol. The summed E-state index contributed by atoms with van der Waals surface area (Å²) in [7, 11) is 0. The van der Waals surface area contributed by atoms with Gasteiger partial charge in [0.25, 0.3) is 0 Å². The molecule has 2 heterocycles. The van der Waals surface area contributed by atoms with E-state index in [0.717, 1.165) is 10.0 Å². The molecule has 2 aliphatic heterocycles. The molecule has 1 aromatic carbocycles. The molecule has 2 saturated heterocycles. The van der Waals surface area contributed by atoms with Crippen LogP contribution in [0.4, 0.5) is 0 Å². The van der Waals surface area contributed by atoms with E-state index in [-0.39, 0.29) is 35.3 Å². The summed E-state index contributed by atoms with van der Waals surface area (Å²) in [6, 6.07) is 5.09. The number of halogens is 1. The highest BCUT2D eigenvalue weighted by Gasteiger charge is 2.61. The van der Waals surface area contributed by atoms with Gasteiger partial charge in [-0.25, -0.2) is 0 Å². The van der Waals surface area contributed by atoms with Crippen LogP contribution in [0.2, 0.25) is 0 Å². The van der Waals surface area contributed by atoms with Crippen LogP contribution in [-0.2, 0) is 19.2 Å². The minimum absolute atomic E-state index is 0.0554. The Morgan fingerprint density at radius 2 is 1.53 bits per heavy atom. The van der Waals surface area contributed by atoms with E-state index in [1.165, 1.54) is 9.80 Å². The number of aromatic hydroxyl groups is 1. The van der Waals surface area contributed by atoms with E-state index in [1.54, 1.807) is 32.0 Å². The van der Waals surface area contributed by atoms with Crippen LogP contribution in [0.3, 0.4) is 0 Å². The maximum Gasteiger partial charge on any atom is 0.234 e. The number of carbonyl (C=O) groups is 4. The Kier molecular flexibility index (Phi) is 5.04. The molecular formula is C24H25BrN2O5. The molecule has 4 amide bonds. The fraction of sp³-hybridized carbons (Fsp3) is 0.500. The molecule has 0 radical (unpaired) electrons. The summed E-state index contributed by atoms with van der Waals surface area (Å²) >= 11 is 3.46. The van der Waals surface area contributed by atoms with Gasteiger partial charge in [0.2, 0.25) is 23.6 Å². The van der Waals surface area contributed by atoms with E-state index >= 15 is 0 Å². The molecule has 4 aliphatic rings. The third-order valence-corrected chi connectivity index (χ3v) is 8.28. The Balaban J connectivity index is 1.67. The first kappa shape index (κ1) is 21.4. The lowest BCUT2D eigenvalue weighted by molar-refractivity contribution is -0.141. The van der Waals surface area contributed by atoms with Gasteiger partial charge in [0.15, 0.2) is 0 Å². The average molecular weight is 501 g/mol. The van der Waals surface area contributed by atoms with Crippen LogP contribution >= 0.6 is 15.9 Å². The number of carbonyl (C=O) groups excluding carboxylic acids is 4. The highest BCUT2D eigenvalue weighted by Crippen LogP contribution is 2.58. The number of nitrogens with zero attached hydrogens (tertiary/aromatic N) is 2. The van der Waals surface area contributed by atoms with Gasteiger partial charge in [0.05, 0.1) is 23.7 Å². The van der Waals surface area contributed by atoms with Gasteiger partial charge in [-0.2, -0.15) is 0 Å². The Morgan fingerprint density at radius 1 is 0.906 bits per heavy atom. The number of amides is 4. The molecule has 0 bridgehead atoms. The topological polar surface area (TPSA) is 95.0 Å². The second kappa shape index (κ2) is 7.54. The lowest BCUT2D eigenvalue weighted by Gasteiger charge is -2.44. The van der Waals surface area contributed by atoms with Crippen LogP contribution in [0, 0.1) is 29.6 Å². The molecule has 2 aliphatic carbocycles. The number of hydrogen-bond donors (Lipinski definition) is 1. The van der Waals surface area contributed by atoms with Gasteiger partial charge >= 0.3 is 0 Å². The van der Waals surface area contributed by atoms with Crippen molar-refractivity contribution in [3.63, 3.8) is 0 Å². The van der Waals surface area contributed by atoms with Gasteiger partial charge in [0, 0.05) is 29.0 Å². The van der Waals surface area contributed by atoms with Crippen molar-refractivity contribution in [1.29, 1.82) is 0 Å². The highest BCUT2D eigenvalue weighted by atomic mass is 79.9. The first-order valence-corrected chi connectivity index (χ1v) is 12.0. The lowest BCUT2D eigenvalue weighted by Crippen LogP contribution is -2.43. The van der Waals surface area contributed by atoms with Crippen molar-refractivity contribution in [2.24, 2.45) is 29.6 Å². The van der Waals surface area contributed by atoms with E-state index in [2.05, 4.69) is 15.9 Å². The quantitative estimate of drug-likeness (QED) is 0.508. The van der Waals surface area contributed by atoms with E-state index < -0.39 is 29.6 Å². The van der Waals surface area contributed by atoms with Crippen molar-refractivity contribution in [2.75, 3.05) is 13.1 Å². The molecule has 0 unspecified atom stereocenters. The van der Waals surface area contributed by atoms with Crippen molar-refractivity contribution in [3.05, 3.63) is 39.9 Å². The Hall–Kier alpha value is -2.48. The standard InChI is InChI=1S/C24H25BrN2O5/c1-3-26-21(29)13-7-6-12-14(19(13)23(26)31)10-16-20(24(32)27(4-2)22(16)30)18(12)15-9-11(25)5-8-17(15)28/h5-6,8-9,13-14,16,18-20,28H,3-4,7,10H2,1-2H3/t13-,14+,16+,18+,19-,20+/m0/s1. The fourth-order valence-corrected chi connectivity index (χ4v) is 6.84. The van der Waals surface area contributed by atoms with Gasteiger partial charge < -0.3 is 5.11 Å². The molecule has 0 aromatic heterocycles. The van der Waals surface area contributed by atoms with Crippen LogP contribution in [0.5, 0.6) is 5.75 Å². The molecule has 1 saturated carbocycles. The zero-order chi connectivity index (χ0) is 22.9. The number of hydrogen-bond acceptors (Lipinski definition) is 5. The molecule has 3 fully saturated rings. The largest absolute Gasteiger partial charge is 0.508 e. The molecule has 6 atom stereocenters. The minimum atomic E-state index is -0.615. The van der Waals surface area contributed by atoms with E-state index in [0.29, 0.717) is 31.5 Å². The predicted octanol–water partition coefficient (Wildman–Crippen LogP) is 2.83. The molecule has 1 aromatic rings. The molecule has 7 nitrogen and oxygen atoms in total. The van der Waals surface area contributed by atoms with Crippen LogP contribution < -0.4 is 0 Å². The number of imide groups is 2. The average Bonchev–Trinajstić information content (AvgIpc) is 3.17. The van der Waals surface area contributed by atoms with Crippen molar-refractivity contribution < 1.29 is 24.3 Å². The van der Waals surface area contributed by atoms with Gasteiger partial charge in [-0.05, 0) is 50.8 Å². The van der Waals surface area contributed by atoms with Crippen molar-refractivity contribution >= 4 is 39.6 Å². The number of phenolic OH excluding ortho intramolecular Hbond substituents is 1. The predicted molar refractivity (Wildman–Crippen MR) is 118 cm³/mol. The molecule has 0 spiro atoms. The van der Waals surface area contributed by atoms with Gasteiger partial charge in [-0.3, -0.25) is 29.0 Å². The molecule has 1 N–H and O–H groups in total. The van der Waals surface area contributed by atoms with Crippen LogP contribution in [0.25, 0.3) is 0 Å². The number of benzene rings is 1. The summed E-state index contributed by atoms with van der Waals surface area (Å²) in [6.45, 7) is 4.19. The van der Waals surface area contributed by atoms with Crippen LogP contribution in [0.1, 0.15) is 38.2 Å². The molecule has 8 heteroatoms. The van der Waals surface area contributed by atoms with E-state index in [9.17, 15) is 24.3 Å². The second-order valence-electron chi connectivity index (χ2n) is 9.07. The summed E-state index contributed by atoms with van der Waals surface area (Å²) < 4.78 is 0.756. The van der Waals surface area contributed by atoms with Gasteiger partial charge in [-0.15, -0.1) is 0 Å². The molecular weight excluding hydrogens is 476 g/mol. The Morgan fingerprint density at radius 3 is 2.19 bits per heavy atom. The van der Waals surface area contributed by atoms with E-state index in [4.69, 9.17) is 0 Å². The normalized spacial score (nSPS) is 33.9. The highest BCUT2D eigenvalue weighted by molar-refractivity contribution is 9.10. The van der Waals surface area contributed by atoms with Gasteiger partial charge in [-0.1, -0.05) is 27.6 Å². The van der Waals surface area contributed by atoms with Crippen molar-refractivity contribution in [2.45, 2.75) is 32.6 Å². The molecule has 5 rings (SSSR count). The SMILES string of the molecule is CCN1C(=O)[C@H]2[C@H](CC=C3[C@H]2C[C@H]2C(=O)N(CC)C(=O)[C@H]2[C@H]3c2cc(Br)ccc2O)C1=O. The maximum absolute atomic E-state index is 13.3. The third kappa shape index (κ3) is 2.77. The molecule has 32 heavy (non-hydrogen) atoms. The second-order valence-corrected chi connectivity index (χ2v) is 9.98. The van der Waals surface area contributed by atoms with Crippen LogP contribution in [0.15, 0.2) is 34.3 Å². The summed E-state index contributed by atoms with van der Waals surface area (Å²) in [5.74, 6) is -3.64. The first-order valence-electron chi connectivity index (χ1n) is 11.2. The number of allylic oxidation sites excluding steroid dienone is 2. The Labute approximate surface area is 194 Å². The number of rotatable bonds is 3. The zero-order valence-electron chi connectivity index (χ0n) is 18.0. The minimum Gasteiger partial charge on any atom is -0.508 e. The smallest absolute Gasteiger partial charge is 0.234 e.